The molecular formula is C13H26N2. The summed E-state index contributed by atoms with van der Waals surface area (Å²) >= 11 is 0. The van der Waals surface area contributed by atoms with Crippen LogP contribution in [0.15, 0.2) is 0 Å². The molecule has 0 aromatic rings. The van der Waals surface area contributed by atoms with E-state index in [-0.39, 0.29) is 0 Å². The molecule has 2 aliphatic rings. The van der Waals surface area contributed by atoms with Gasteiger partial charge in [0, 0.05) is 32.2 Å². The van der Waals surface area contributed by atoms with Crippen LogP contribution in [0.2, 0.25) is 0 Å². The average Bonchev–Trinajstić information content (AvgIpc) is 2.95. The highest BCUT2D eigenvalue weighted by molar-refractivity contribution is 4.93. The minimum Gasteiger partial charge on any atom is -0.311 e. The third-order valence-electron chi connectivity index (χ3n) is 4.33. The molecule has 1 saturated heterocycles. The second-order valence-electron chi connectivity index (χ2n) is 5.99. The summed E-state index contributed by atoms with van der Waals surface area (Å²) in [5.74, 6) is 0.819. The van der Waals surface area contributed by atoms with Gasteiger partial charge in [-0.1, -0.05) is 27.2 Å². The van der Waals surface area contributed by atoms with E-state index in [0.29, 0.717) is 5.41 Å². The molecule has 15 heavy (non-hydrogen) atoms. The van der Waals surface area contributed by atoms with Crippen molar-refractivity contribution in [2.24, 2.45) is 11.3 Å². The van der Waals surface area contributed by atoms with E-state index < -0.39 is 0 Å². The zero-order valence-corrected chi connectivity index (χ0v) is 10.6. The summed E-state index contributed by atoms with van der Waals surface area (Å²) in [5.41, 5.74) is 0.678. The van der Waals surface area contributed by atoms with Crippen LogP contribution in [0.3, 0.4) is 0 Å². The largest absolute Gasteiger partial charge is 0.311 e. The number of hydrogen-bond acceptors (Lipinski definition) is 2. The van der Waals surface area contributed by atoms with E-state index in [9.17, 15) is 0 Å². The summed E-state index contributed by atoms with van der Waals surface area (Å²) in [4.78, 5) is 2.68. The van der Waals surface area contributed by atoms with Gasteiger partial charge < -0.3 is 5.32 Å². The fraction of sp³-hybridized carbons (Fsp3) is 1.00. The van der Waals surface area contributed by atoms with Gasteiger partial charge in [-0.2, -0.15) is 0 Å². The van der Waals surface area contributed by atoms with Gasteiger partial charge in [-0.15, -0.1) is 0 Å². The highest BCUT2D eigenvalue weighted by atomic mass is 15.2. The maximum atomic E-state index is 3.66. The molecule has 2 rings (SSSR count). The van der Waals surface area contributed by atoms with Crippen LogP contribution < -0.4 is 5.32 Å². The van der Waals surface area contributed by atoms with E-state index in [1.54, 1.807) is 0 Å². The molecule has 2 atom stereocenters. The van der Waals surface area contributed by atoms with Gasteiger partial charge >= 0.3 is 0 Å². The highest BCUT2D eigenvalue weighted by Gasteiger charge is 2.39. The lowest BCUT2D eigenvalue weighted by Crippen LogP contribution is -2.54. The van der Waals surface area contributed by atoms with Gasteiger partial charge in [0.1, 0.15) is 0 Å². The number of rotatable bonds is 4. The molecule has 2 unspecified atom stereocenters. The van der Waals surface area contributed by atoms with Crippen LogP contribution in [-0.4, -0.2) is 37.1 Å². The first-order valence-electron chi connectivity index (χ1n) is 6.59. The first-order chi connectivity index (χ1) is 7.13. The maximum Gasteiger partial charge on any atom is 0.0221 e. The molecule has 0 amide bonds. The summed E-state index contributed by atoms with van der Waals surface area (Å²) in [6.07, 6.45) is 4.19. The van der Waals surface area contributed by atoms with E-state index in [1.807, 2.05) is 0 Å². The second kappa shape index (κ2) is 4.42. The Balaban J connectivity index is 1.81. The molecule has 0 radical (unpaired) electrons. The fourth-order valence-electron chi connectivity index (χ4n) is 2.56. The number of nitrogens with one attached hydrogen (secondary N) is 1. The van der Waals surface area contributed by atoms with Crippen LogP contribution >= 0.6 is 0 Å². The van der Waals surface area contributed by atoms with E-state index in [4.69, 9.17) is 0 Å². The van der Waals surface area contributed by atoms with Crippen LogP contribution in [0.4, 0.5) is 0 Å². The minimum atomic E-state index is 0.678. The summed E-state index contributed by atoms with van der Waals surface area (Å²) < 4.78 is 0. The number of piperazine rings is 1. The molecule has 0 bridgehead atoms. The molecule has 0 aromatic heterocycles. The normalized spacial score (nSPS) is 32.6. The summed E-state index contributed by atoms with van der Waals surface area (Å²) in [7, 11) is 0. The van der Waals surface area contributed by atoms with Gasteiger partial charge in [-0.3, -0.25) is 4.90 Å². The average molecular weight is 210 g/mol. The van der Waals surface area contributed by atoms with Crippen LogP contribution in [0, 0.1) is 11.3 Å². The Kier molecular flexibility index (Phi) is 3.36. The Morgan fingerprint density at radius 2 is 2.20 bits per heavy atom. The van der Waals surface area contributed by atoms with Crippen LogP contribution in [0.5, 0.6) is 0 Å². The Bertz CT molecular complexity index is 211. The summed E-state index contributed by atoms with van der Waals surface area (Å²) in [6.45, 7) is 12.2. The molecule has 2 nitrogen and oxygen atoms in total. The SMILES string of the molecule is CCC(C)C1CN(CC2(C)CC2)CCN1. The van der Waals surface area contributed by atoms with Crippen LogP contribution in [0.1, 0.15) is 40.0 Å². The monoisotopic (exact) mass is 210 g/mol. The molecule has 0 spiro atoms. The molecule has 1 heterocycles. The van der Waals surface area contributed by atoms with Crippen molar-refractivity contribution in [3.05, 3.63) is 0 Å². The molecule has 0 aromatic carbocycles. The van der Waals surface area contributed by atoms with Gasteiger partial charge in [0.25, 0.3) is 0 Å². The van der Waals surface area contributed by atoms with Crippen molar-refractivity contribution in [3.63, 3.8) is 0 Å². The molecule has 1 aliphatic carbocycles. The Morgan fingerprint density at radius 1 is 1.47 bits per heavy atom. The number of nitrogens with zero attached hydrogens (tertiary/aromatic N) is 1. The van der Waals surface area contributed by atoms with E-state index in [2.05, 4.69) is 31.0 Å². The van der Waals surface area contributed by atoms with Crippen molar-refractivity contribution >= 4 is 0 Å². The quantitative estimate of drug-likeness (QED) is 0.764. The molecular weight excluding hydrogens is 184 g/mol. The Hall–Kier alpha value is -0.0800. The van der Waals surface area contributed by atoms with Crippen molar-refractivity contribution in [2.45, 2.75) is 46.1 Å². The van der Waals surface area contributed by atoms with Crippen molar-refractivity contribution < 1.29 is 0 Å². The standard InChI is InChI=1S/C13H26N2/c1-4-11(2)12-9-15(8-7-14-12)10-13(3)5-6-13/h11-12,14H,4-10H2,1-3H3. The summed E-state index contributed by atoms with van der Waals surface area (Å²) in [6, 6.07) is 0.728. The first-order valence-corrected chi connectivity index (χ1v) is 6.59. The lowest BCUT2D eigenvalue weighted by molar-refractivity contribution is 0.146. The van der Waals surface area contributed by atoms with Crippen LogP contribution in [-0.2, 0) is 0 Å². The van der Waals surface area contributed by atoms with Gasteiger partial charge in [0.2, 0.25) is 0 Å². The zero-order valence-electron chi connectivity index (χ0n) is 10.6. The van der Waals surface area contributed by atoms with Crippen LogP contribution in [0.25, 0.3) is 0 Å². The zero-order chi connectivity index (χ0) is 10.9. The molecule has 2 fully saturated rings. The summed E-state index contributed by atoms with van der Waals surface area (Å²) in [5, 5.41) is 3.66. The van der Waals surface area contributed by atoms with Crippen molar-refractivity contribution in [2.75, 3.05) is 26.2 Å². The van der Waals surface area contributed by atoms with Gasteiger partial charge in [0.05, 0.1) is 0 Å². The third-order valence-corrected chi connectivity index (χ3v) is 4.33. The molecule has 1 N–H and O–H groups in total. The minimum absolute atomic E-state index is 0.678. The predicted octanol–water partition coefficient (Wildman–Crippen LogP) is 2.11. The topological polar surface area (TPSA) is 15.3 Å². The highest BCUT2D eigenvalue weighted by Crippen LogP contribution is 2.45. The second-order valence-corrected chi connectivity index (χ2v) is 5.99. The van der Waals surface area contributed by atoms with E-state index >= 15 is 0 Å². The Morgan fingerprint density at radius 3 is 2.80 bits per heavy atom. The number of hydrogen-bond donors (Lipinski definition) is 1. The van der Waals surface area contributed by atoms with Crippen molar-refractivity contribution in [1.82, 2.24) is 10.2 Å². The van der Waals surface area contributed by atoms with Crippen molar-refractivity contribution in [3.8, 4) is 0 Å². The smallest absolute Gasteiger partial charge is 0.0221 e. The fourth-order valence-corrected chi connectivity index (χ4v) is 2.56. The van der Waals surface area contributed by atoms with Crippen molar-refractivity contribution in [1.29, 1.82) is 0 Å². The lowest BCUT2D eigenvalue weighted by Gasteiger charge is -2.37. The molecule has 88 valence electrons. The Labute approximate surface area is 94.4 Å². The van der Waals surface area contributed by atoms with Gasteiger partial charge in [-0.05, 0) is 24.2 Å². The molecule has 1 saturated carbocycles. The molecule has 1 aliphatic heterocycles. The van der Waals surface area contributed by atoms with Gasteiger partial charge in [-0.25, -0.2) is 0 Å². The molecule has 2 heteroatoms. The van der Waals surface area contributed by atoms with E-state index in [0.717, 1.165) is 12.0 Å². The third kappa shape index (κ3) is 2.94. The van der Waals surface area contributed by atoms with Gasteiger partial charge in [0.15, 0.2) is 0 Å². The van der Waals surface area contributed by atoms with E-state index in [1.165, 1.54) is 45.4 Å². The first kappa shape index (κ1) is 11.4. The maximum absolute atomic E-state index is 3.66. The lowest BCUT2D eigenvalue weighted by atomic mass is 9.96. The predicted molar refractivity (Wildman–Crippen MR) is 65.0 cm³/mol.